The summed E-state index contributed by atoms with van der Waals surface area (Å²) >= 11 is 0. The fourth-order valence-corrected chi connectivity index (χ4v) is 2.16. The third-order valence-corrected chi connectivity index (χ3v) is 4.27. The van der Waals surface area contributed by atoms with Crippen LogP contribution in [0.5, 0.6) is 0 Å². The molecule has 0 aliphatic rings. The molecule has 1 atom stereocenters. The molecule has 2 nitrogen and oxygen atoms in total. The van der Waals surface area contributed by atoms with Crippen LogP contribution in [0, 0.1) is 17.3 Å². The molecule has 0 aromatic carbocycles. The molecule has 1 amide bonds. The molecule has 0 radical (unpaired) electrons. The average Bonchev–Trinajstić information content (AvgIpc) is 2.28. The Morgan fingerprint density at radius 2 is 1.72 bits per heavy atom. The molecule has 0 bridgehead atoms. The van der Waals surface area contributed by atoms with E-state index in [-0.39, 0.29) is 11.8 Å². The molecule has 0 saturated carbocycles. The van der Waals surface area contributed by atoms with E-state index in [1.807, 2.05) is 13.8 Å². The summed E-state index contributed by atoms with van der Waals surface area (Å²) in [5.41, 5.74) is 0.361. The first kappa shape index (κ1) is 17.5. The Bertz CT molecular complexity index is 235. The Balaban J connectivity index is 4.14. The molecule has 0 fully saturated rings. The van der Waals surface area contributed by atoms with Gasteiger partial charge in [0.15, 0.2) is 0 Å². The van der Waals surface area contributed by atoms with E-state index in [0.717, 1.165) is 13.0 Å². The molecule has 0 aromatic rings. The topological polar surface area (TPSA) is 29.1 Å². The zero-order chi connectivity index (χ0) is 14.2. The predicted molar refractivity (Wildman–Crippen MR) is 79.6 cm³/mol. The smallest absolute Gasteiger partial charge is 0.222 e. The van der Waals surface area contributed by atoms with Gasteiger partial charge in [-0.05, 0) is 24.2 Å². The van der Waals surface area contributed by atoms with E-state index in [0.29, 0.717) is 11.3 Å². The van der Waals surface area contributed by atoms with Crippen molar-refractivity contribution < 1.29 is 4.79 Å². The van der Waals surface area contributed by atoms with Crippen LogP contribution >= 0.6 is 0 Å². The summed E-state index contributed by atoms with van der Waals surface area (Å²) in [6.07, 6.45) is 6.27. The number of hydrogen-bond donors (Lipinski definition) is 1. The lowest BCUT2D eigenvalue weighted by Gasteiger charge is -2.34. The lowest BCUT2D eigenvalue weighted by atomic mass is 9.72. The van der Waals surface area contributed by atoms with Crippen molar-refractivity contribution in [3.8, 4) is 0 Å². The average molecular weight is 255 g/mol. The zero-order valence-corrected chi connectivity index (χ0v) is 13.3. The van der Waals surface area contributed by atoms with Crippen LogP contribution in [0.4, 0.5) is 0 Å². The van der Waals surface area contributed by atoms with Gasteiger partial charge in [-0.3, -0.25) is 4.79 Å². The van der Waals surface area contributed by atoms with Crippen molar-refractivity contribution in [2.45, 2.75) is 73.6 Å². The molecule has 0 spiro atoms. The largest absolute Gasteiger partial charge is 0.356 e. The van der Waals surface area contributed by atoms with E-state index < -0.39 is 0 Å². The van der Waals surface area contributed by atoms with Crippen molar-refractivity contribution in [1.29, 1.82) is 0 Å². The summed E-state index contributed by atoms with van der Waals surface area (Å²) in [7, 11) is 0. The van der Waals surface area contributed by atoms with Gasteiger partial charge in [0, 0.05) is 12.5 Å². The van der Waals surface area contributed by atoms with Gasteiger partial charge in [-0.1, -0.05) is 60.8 Å². The molecule has 0 saturated heterocycles. The minimum atomic E-state index is 0.0930. The molecular formula is C16H33NO. The van der Waals surface area contributed by atoms with Gasteiger partial charge in [-0.2, -0.15) is 0 Å². The minimum absolute atomic E-state index is 0.0930. The Morgan fingerprint density at radius 1 is 1.11 bits per heavy atom. The van der Waals surface area contributed by atoms with Crippen molar-refractivity contribution in [2.24, 2.45) is 17.3 Å². The van der Waals surface area contributed by atoms with Gasteiger partial charge in [0.2, 0.25) is 5.91 Å². The van der Waals surface area contributed by atoms with E-state index >= 15 is 0 Å². The lowest BCUT2D eigenvalue weighted by molar-refractivity contribution is -0.124. The molecule has 108 valence electrons. The summed E-state index contributed by atoms with van der Waals surface area (Å²) in [6, 6.07) is 0. The third kappa shape index (κ3) is 6.42. The standard InChI is InChI=1S/C16H33NO/c1-7-8-9-10-16(6,14(4)5)11-12-17-15(18)13(2)3/h13-14H,7-12H2,1-6H3,(H,17,18). The number of nitrogens with one attached hydrogen (secondary N) is 1. The third-order valence-electron chi connectivity index (χ3n) is 4.27. The number of carbonyl (C=O) groups is 1. The molecule has 0 aliphatic heterocycles. The second-order valence-corrected chi connectivity index (χ2v) is 6.46. The zero-order valence-electron chi connectivity index (χ0n) is 13.3. The Hall–Kier alpha value is -0.530. The predicted octanol–water partition coefficient (Wildman–Crippen LogP) is 4.39. The number of carbonyl (C=O) groups excluding carboxylic acids is 1. The van der Waals surface area contributed by atoms with Gasteiger partial charge in [0.25, 0.3) is 0 Å². The van der Waals surface area contributed by atoms with Crippen LogP contribution in [-0.4, -0.2) is 12.5 Å². The first-order chi connectivity index (χ1) is 8.33. The Morgan fingerprint density at radius 3 is 2.17 bits per heavy atom. The van der Waals surface area contributed by atoms with Gasteiger partial charge in [-0.25, -0.2) is 0 Å². The highest BCUT2D eigenvalue weighted by Gasteiger charge is 2.27. The fourth-order valence-electron chi connectivity index (χ4n) is 2.16. The van der Waals surface area contributed by atoms with Gasteiger partial charge >= 0.3 is 0 Å². The van der Waals surface area contributed by atoms with Crippen molar-refractivity contribution >= 4 is 5.91 Å². The normalized spacial score (nSPS) is 14.9. The molecule has 0 heterocycles. The molecule has 18 heavy (non-hydrogen) atoms. The molecule has 1 N–H and O–H groups in total. The maximum absolute atomic E-state index is 11.5. The first-order valence-corrected chi connectivity index (χ1v) is 7.61. The van der Waals surface area contributed by atoms with E-state index in [1.54, 1.807) is 0 Å². The van der Waals surface area contributed by atoms with Gasteiger partial charge in [0.1, 0.15) is 0 Å². The van der Waals surface area contributed by atoms with Crippen LogP contribution < -0.4 is 5.32 Å². The maximum Gasteiger partial charge on any atom is 0.222 e. The fraction of sp³-hybridized carbons (Fsp3) is 0.938. The van der Waals surface area contributed by atoms with Crippen molar-refractivity contribution in [1.82, 2.24) is 5.32 Å². The first-order valence-electron chi connectivity index (χ1n) is 7.61. The summed E-state index contributed by atoms with van der Waals surface area (Å²) in [5.74, 6) is 0.940. The van der Waals surface area contributed by atoms with Crippen LogP contribution in [0.3, 0.4) is 0 Å². The highest BCUT2D eigenvalue weighted by Crippen LogP contribution is 2.36. The van der Waals surface area contributed by atoms with Crippen molar-refractivity contribution in [2.75, 3.05) is 6.54 Å². The summed E-state index contributed by atoms with van der Waals surface area (Å²) in [5, 5.41) is 3.04. The summed E-state index contributed by atoms with van der Waals surface area (Å²) < 4.78 is 0. The molecule has 2 heteroatoms. The van der Waals surface area contributed by atoms with Gasteiger partial charge in [0.05, 0.1) is 0 Å². The van der Waals surface area contributed by atoms with Crippen LogP contribution in [-0.2, 0) is 4.79 Å². The van der Waals surface area contributed by atoms with Crippen LogP contribution in [0.15, 0.2) is 0 Å². The molecule has 0 aliphatic carbocycles. The van der Waals surface area contributed by atoms with Crippen LogP contribution in [0.2, 0.25) is 0 Å². The second-order valence-electron chi connectivity index (χ2n) is 6.46. The van der Waals surface area contributed by atoms with E-state index in [1.165, 1.54) is 25.7 Å². The number of amides is 1. The van der Waals surface area contributed by atoms with Gasteiger partial charge in [-0.15, -0.1) is 0 Å². The minimum Gasteiger partial charge on any atom is -0.356 e. The van der Waals surface area contributed by atoms with E-state index in [9.17, 15) is 4.79 Å². The Kier molecular flexibility index (Phi) is 8.30. The van der Waals surface area contributed by atoms with E-state index in [2.05, 4.69) is 33.0 Å². The van der Waals surface area contributed by atoms with Crippen molar-refractivity contribution in [3.05, 3.63) is 0 Å². The van der Waals surface area contributed by atoms with E-state index in [4.69, 9.17) is 0 Å². The monoisotopic (exact) mass is 255 g/mol. The number of unbranched alkanes of at least 4 members (excludes halogenated alkanes) is 2. The maximum atomic E-state index is 11.5. The van der Waals surface area contributed by atoms with Crippen LogP contribution in [0.1, 0.15) is 73.6 Å². The Labute approximate surface area is 114 Å². The summed E-state index contributed by atoms with van der Waals surface area (Å²) in [6.45, 7) is 13.9. The molecular weight excluding hydrogens is 222 g/mol. The molecule has 1 unspecified atom stereocenters. The SMILES string of the molecule is CCCCCC(C)(CCNC(=O)C(C)C)C(C)C. The molecule has 0 rings (SSSR count). The highest BCUT2D eigenvalue weighted by atomic mass is 16.1. The number of rotatable bonds is 9. The number of hydrogen-bond acceptors (Lipinski definition) is 1. The highest BCUT2D eigenvalue weighted by molar-refractivity contribution is 5.77. The lowest BCUT2D eigenvalue weighted by Crippen LogP contribution is -2.33. The quantitative estimate of drug-likeness (QED) is 0.608. The van der Waals surface area contributed by atoms with Gasteiger partial charge < -0.3 is 5.32 Å². The van der Waals surface area contributed by atoms with Crippen LogP contribution in [0.25, 0.3) is 0 Å². The second kappa shape index (κ2) is 8.55. The van der Waals surface area contributed by atoms with Crippen molar-refractivity contribution in [3.63, 3.8) is 0 Å². The molecule has 0 aromatic heterocycles. The summed E-state index contributed by atoms with van der Waals surface area (Å²) in [4.78, 5) is 11.5.